The molecule has 102 valence electrons. The Morgan fingerprint density at radius 3 is 2.58 bits per heavy atom. The molecule has 1 unspecified atom stereocenters. The van der Waals surface area contributed by atoms with Crippen molar-refractivity contribution in [2.45, 2.75) is 25.6 Å². The lowest BCUT2D eigenvalue weighted by molar-refractivity contribution is 0.128. The Bertz CT molecular complexity index is 485. The van der Waals surface area contributed by atoms with Gasteiger partial charge in [-0.1, -0.05) is 42.3 Å². The minimum absolute atomic E-state index is 0.00433. The Labute approximate surface area is 123 Å². The summed E-state index contributed by atoms with van der Waals surface area (Å²) in [6.07, 6.45) is 4.33. The number of hydrogen-bond donors (Lipinski definition) is 1. The third kappa shape index (κ3) is 3.30. The molecule has 0 aromatic heterocycles. The van der Waals surface area contributed by atoms with Crippen molar-refractivity contribution in [1.29, 1.82) is 0 Å². The monoisotopic (exact) mass is 298 g/mol. The highest BCUT2D eigenvalue weighted by atomic mass is 35.5. The summed E-state index contributed by atoms with van der Waals surface area (Å²) in [6.45, 7) is 2.05. The summed E-state index contributed by atoms with van der Waals surface area (Å²) in [5, 5.41) is 10.9. The molecule has 19 heavy (non-hydrogen) atoms. The minimum Gasteiger partial charge on any atom is -0.394 e. The van der Waals surface area contributed by atoms with Crippen LogP contribution in [0.25, 0.3) is 0 Å². The Morgan fingerprint density at radius 1 is 1.32 bits per heavy atom. The molecule has 5 heteroatoms. The zero-order valence-corrected chi connectivity index (χ0v) is 12.1. The highest BCUT2D eigenvalue weighted by Crippen LogP contribution is 2.28. The van der Waals surface area contributed by atoms with Crippen LogP contribution < -0.4 is 0 Å². The molecule has 1 aliphatic heterocycles. The lowest BCUT2D eigenvalue weighted by Crippen LogP contribution is -2.36. The van der Waals surface area contributed by atoms with E-state index in [9.17, 15) is 5.11 Å². The lowest BCUT2D eigenvalue weighted by Gasteiger charge is -2.36. The Morgan fingerprint density at radius 2 is 2.00 bits per heavy atom. The number of aliphatic imine (C=N–C) groups is 1. The molecule has 0 saturated carbocycles. The van der Waals surface area contributed by atoms with Crippen LogP contribution in [0, 0.1) is 0 Å². The van der Waals surface area contributed by atoms with Crippen molar-refractivity contribution in [3.05, 3.63) is 46.1 Å². The first-order chi connectivity index (χ1) is 9.15. The normalized spacial score (nSPS) is 20.3. The molecular weight excluding hydrogens is 283 g/mol. The molecule has 0 amide bonds. The molecule has 2 rings (SSSR count). The number of rotatable bonds is 4. The van der Waals surface area contributed by atoms with Gasteiger partial charge in [0.2, 0.25) is 0 Å². The van der Waals surface area contributed by atoms with E-state index in [1.165, 1.54) is 0 Å². The Balaban J connectivity index is 2.30. The fourth-order valence-electron chi connectivity index (χ4n) is 2.17. The second-order valence-electron chi connectivity index (χ2n) is 4.38. The summed E-state index contributed by atoms with van der Waals surface area (Å²) < 4.78 is 0. The number of nitrogens with zero attached hydrogens (tertiary/aromatic N) is 2. The number of halogens is 2. The van der Waals surface area contributed by atoms with Crippen molar-refractivity contribution in [2.24, 2.45) is 4.99 Å². The van der Waals surface area contributed by atoms with Crippen LogP contribution in [0.4, 0.5) is 0 Å². The minimum atomic E-state index is -0.173. The first-order valence-corrected chi connectivity index (χ1v) is 6.95. The van der Waals surface area contributed by atoms with Gasteiger partial charge in [-0.25, -0.2) is 0 Å². The number of aliphatic hydroxyl groups excluding tert-OH is 1. The second kappa shape index (κ2) is 6.42. The van der Waals surface area contributed by atoms with Crippen LogP contribution in [0.1, 0.15) is 24.9 Å². The summed E-state index contributed by atoms with van der Waals surface area (Å²) >= 11 is 11.9. The predicted octanol–water partition coefficient (Wildman–Crippen LogP) is 3.58. The van der Waals surface area contributed by atoms with Gasteiger partial charge in [-0.05, 0) is 24.1 Å². The van der Waals surface area contributed by atoms with E-state index in [-0.39, 0.29) is 18.8 Å². The number of aliphatic hydroxyl groups is 1. The molecule has 0 saturated heterocycles. The number of hydrogen-bond acceptors (Lipinski definition) is 3. The number of allylic oxidation sites excluding steroid dienone is 1. The smallest absolute Gasteiger partial charge is 0.121 e. The van der Waals surface area contributed by atoms with Crippen molar-refractivity contribution in [3.63, 3.8) is 0 Å². The Kier molecular flexibility index (Phi) is 4.86. The molecule has 3 nitrogen and oxygen atoms in total. The van der Waals surface area contributed by atoms with Crippen molar-refractivity contribution < 1.29 is 5.11 Å². The molecule has 0 spiro atoms. The topological polar surface area (TPSA) is 35.8 Å². The van der Waals surface area contributed by atoms with Gasteiger partial charge in [-0.15, -0.1) is 0 Å². The van der Waals surface area contributed by atoms with Gasteiger partial charge in [0.1, 0.15) is 6.17 Å². The van der Waals surface area contributed by atoms with Gasteiger partial charge in [0.15, 0.2) is 0 Å². The first kappa shape index (κ1) is 14.4. The fourth-order valence-corrected chi connectivity index (χ4v) is 2.46. The van der Waals surface area contributed by atoms with Crippen molar-refractivity contribution in [2.75, 3.05) is 6.61 Å². The molecule has 0 radical (unpaired) electrons. The number of benzene rings is 1. The van der Waals surface area contributed by atoms with Crippen molar-refractivity contribution >= 4 is 29.4 Å². The maximum absolute atomic E-state index is 9.70. The van der Waals surface area contributed by atoms with E-state index in [1.54, 1.807) is 6.21 Å². The van der Waals surface area contributed by atoms with Crippen LogP contribution in [0.5, 0.6) is 0 Å². The highest BCUT2D eigenvalue weighted by Gasteiger charge is 2.25. The molecule has 2 atom stereocenters. The lowest BCUT2D eigenvalue weighted by atomic mass is 10.0. The fraction of sp³-hybridized carbons (Fsp3) is 0.357. The van der Waals surface area contributed by atoms with Crippen LogP contribution in [0.3, 0.4) is 0 Å². The van der Waals surface area contributed by atoms with Gasteiger partial charge in [0.05, 0.1) is 17.7 Å². The van der Waals surface area contributed by atoms with Crippen LogP contribution in [-0.2, 0) is 0 Å². The van der Waals surface area contributed by atoms with E-state index in [2.05, 4.69) is 11.9 Å². The van der Waals surface area contributed by atoms with E-state index in [0.717, 1.165) is 12.0 Å². The summed E-state index contributed by atoms with van der Waals surface area (Å²) in [5.74, 6) is 0. The summed E-state index contributed by atoms with van der Waals surface area (Å²) in [6, 6.07) is 7.29. The quantitative estimate of drug-likeness (QED) is 0.922. The average molecular weight is 299 g/mol. The third-order valence-corrected chi connectivity index (χ3v) is 3.59. The van der Waals surface area contributed by atoms with E-state index >= 15 is 0 Å². The van der Waals surface area contributed by atoms with Crippen molar-refractivity contribution in [3.8, 4) is 0 Å². The maximum atomic E-state index is 9.70. The SMILES string of the molecule is CCC1N=CC(Cl)=CN1[C@@H](CO)c1ccc(Cl)cc1. The average Bonchev–Trinajstić information content (AvgIpc) is 2.42. The maximum Gasteiger partial charge on any atom is 0.121 e. The third-order valence-electron chi connectivity index (χ3n) is 3.14. The first-order valence-electron chi connectivity index (χ1n) is 6.20. The highest BCUT2D eigenvalue weighted by molar-refractivity contribution is 6.39. The van der Waals surface area contributed by atoms with Crippen molar-refractivity contribution in [1.82, 2.24) is 4.90 Å². The second-order valence-corrected chi connectivity index (χ2v) is 5.25. The standard InChI is InChI=1S/C14H16Cl2N2O/c1-2-14-17-7-12(16)8-18(14)13(9-19)10-3-5-11(15)6-4-10/h3-8,13-14,19H,2,9H2,1H3/t13-,14?/m0/s1. The summed E-state index contributed by atoms with van der Waals surface area (Å²) in [7, 11) is 0. The van der Waals surface area contributed by atoms with Crippen LogP contribution in [0.15, 0.2) is 40.5 Å². The zero-order valence-electron chi connectivity index (χ0n) is 10.6. The molecule has 1 N–H and O–H groups in total. The molecule has 1 aliphatic rings. The van der Waals surface area contributed by atoms with Gasteiger partial charge in [0.25, 0.3) is 0 Å². The summed E-state index contributed by atoms with van der Waals surface area (Å²) in [5.41, 5.74) is 0.989. The molecule has 0 bridgehead atoms. The van der Waals surface area contributed by atoms with E-state index in [1.807, 2.05) is 35.4 Å². The largest absolute Gasteiger partial charge is 0.394 e. The molecule has 0 fully saturated rings. The molecule has 0 aliphatic carbocycles. The Hall–Kier alpha value is -1.03. The van der Waals surface area contributed by atoms with Gasteiger partial charge in [-0.2, -0.15) is 0 Å². The van der Waals surface area contributed by atoms with Crippen LogP contribution in [-0.4, -0.2) is 29.0 Å². The van der Waals surface area contributed by atoms with E-state index in [0.29, 0.717) is 10.1 Å². The molecule has 1 heterocycles. The van der Waals surface area contributed by atoms with Gasteiger partial charge in [-0.3, -0.25) is 4.99 Å². The zero-order chi connectivity index (χ0) is 13.8. The summed E-state index contributed by atoms with van der Waals surface area (Å²) in [4.78, 5) is 6.38. The molecule has 1 aromatic carbocycles. The molecular formula is C14H16Cl2N2O. The predicted molar refractivity (Wildman–Crippen MR) is 79.6 cm³/mol. The van der Waals surface area contributed by atoms with Gasteiger partial charge in [0, 0.05) is 17.4 Å². The molecule has 1 aromatic rings. The van der Waals surface area contributed by atoms with E-state index < -0.39 is 0 Å². The van der Waals surface area contributed by atoms with Gasteiger partial charge < -0.3 is 10.0 Å². The van der Waals surface area contributed by atoms with E-state index in [4.69, 9.17) is 23.2 Å². The van der Waals surface area contributed by atoms with Gasteiger partial charge >= 0.3 is 0 Å². The van der Waals surface area contributed by atoms with Crippen LogP contribution in [0.2, 0.25) is 5.02 Å². The van der Waals surface area contributed by atoms with Crippen LogP contribution >= 0.6 is 23.2 Å².